The molecule has 2 heteroatoms. The van der Waals surface area contributed by atoms with Crippen LogP contribution in [0.15, 0.2) is 0 Å². The first-order valence-electron chi connectivity index (χ1n) is 8.86. The lowest BCUT2D eigenvalue weighted by Gasteiger charge is -2.49. The molecule has 2 aliphatic rings. The molecule has 5 unspecified atom stereocenters. The van der Waals surface area contributed by atoms with Gasteiger partial charge < -0.3 is 5.73 Å². The van der Waals surface area contributed by atoms with Gasteiger partial charge in [-0.25, -0.2) is 0 Å². The van der Waals surface area contributed by atoms with E-state index < -0.39 is 0 Å². The summed E-state index contributed by atoms with van der Waals surface area (Å²) >= 11 is 0. The van der Waals surface area contributed by atoms with Gasteiger partial charge in [-0.1, -0.05) is 34.1 Å². The summed E-state index contributed by atoms with van der Waals surface area (Å²) in [4.78, 5) is 2.75. The van der Waals surface area contributed by atoms with Crippen molar-refractivity contribution in [1.29, 1.82) is 0 Å². The van der Waals surface area contributed by atoms with Crippen LogP contribution < -0.4 is 5.73 Å². The van der Waals surface area contributed by atoms with Crippen molar-refractivity contribution in [2.24, 2.45) is 23.0 Å². The number of nitrogens with two attached hydrogens (primary N) is 1. The maximum Gasteiger partial charge on any atom is 0.0252 e. The van der Waals surface area contributed by atoms with Crippen molar-refractivity contribution in [2.75, 3.05) is 6.54 Å². The van der Waals surface area contributed by atoms with Crippen LogP contribution in [-0.4, -0.2) is 29.6 Å². The van der Waals surface area contributed by atoms with Gasteiger partial charge in [0.1, 0.15) is 0 Å². The lowest BCUT2D eigenvalue weighted by molar-refractivity contribution is 0.0146. The van der Waals surface area contributed by atoms with Crippen LogP contribution in [0.1, 0.15) is 73.1 Å². The van der Waals surface area contributed by atoms with Crippen LogP contribution in [0.5, 0.6) is 0 Å². The summed E-state index contributed by atoms with van der Waals surface area (Å²) in [6.07, 6.45) is 7.86. The SMILES string of the molecule is CCC(C)(C)C1CCC(N)C(N2CCC(C)CC2C)C1. The van der Waals surface area contributed by atoms with Gasteiger partial charge in [0.05, 0.1) is 0 Å². The summed E-state index contributed by atoms with van der Waals surface area (Å²) in [6.45, 7) is 13.3. The molecule has 0 radical (unpaired) electrons. The molecule has 1 saturated carbocycles. The van der Waals surface area contributed by atoms with Crippen molar-refractivity contribution < 1.29 is 0 Å². The molecule has 20 heavy (non-hydrogen) atoms. The predicted octanol–water partition coefficient (Wildman–Crippen LogP) is 4.04. The van der Waals surface area contributed by atoms with E-state index in [0.717, 1.165) is 17.9 Å². The summed E-state index contributed by atoms with van der Waals surface area (Å²) in [5.41, 5.74) is 6.99. The zero-order valence-corrected chi connectivity index (χ0v) is 14.4. The lowest BCUT2D eigenvalue weighted by atomic mass is 9.67. The molecule has 0 bridgehead atoms. The van der Waals surface area contributed by atoms with Crippen LogP contribution in [0.3, 0.4) is 0 Å². The zero-order valence-electron chi connectivity index (χ0n) is 14.4. The number of hydrogen-bond acceptors (Lipinski definition) is 2. The number of rotatable bonds is 3. The van der Waals surface area contributed by atoms with Crippen LogP contribution in [0.4, 0.5) is 0 Å². The molecule has 1 heterocycles. The molecule has 0 aromatic heterocycles. The maximum atomic E-state index is 6.51. The van der Waals surface area contributed by atoms with Gasteiger partial charge in [0, 0.05) is 18.1 Å². The Morgan fingerprint density at radius 3 is 2.40 bits per heavy atom. The van der Waals surface area contributed by atoms with E-state index in [9.17, 15) is 0 Å². The van der Waals surface area contributed by atoms with Gasteiger partial charge in [-0.15, -0.1) is 0 Å². The molecule has 1 aliphatic carbocycles. The number of piperidine rings is 1. The second kappa shape index (κ2) is 6.36. The molecule has 2 N–H and O–H groups in total. The highest BCUT2D eigenvalue weighted by Gasteiger charge is 2.40. The van der Waals surface area contributed by atoms with E-state index in [-0.39, 0.29) is 0 Å². The topological polar surface area (TPSA) is 29.3 Å². The van der Waals surface area contributed by atoms with Crippen molar-refractivity contribution in [3.63, 3.8) is 0 Å². The summed E-state index contributed by atoms with van der Waals surface area (Å²) in [6, 6.07) is 1.75. The summed E-state index contributed by atoms with van der Waals surface area (Å²) in [5, 5.41) is 0. The van der Waals surface area contributed by atoms with Gasteiger partial charge in [0.25, 0.3) is 0 Å². The molecule has 2 rings (SSSR count). The maximum absolute atomic E-state index is 6.51. The first kappa shape index (κ1) is 16.3. The number of likely N-dealkylation sites (tertiary alicyclic amines) is 1. The fourth-order valence-electron chi connectivity index (χ4n) is 4.47. The van der Waals surface area contributed by atoms with Gasteiger partial charge in [-0.3, -0.25) is 4.90 Å². The normalized spacial score (nSPS) is 40.8. The van der Waals surface area contributed by atoms with Crippen molar-refractivity contribution >= 4 is 0 Å². The van der Waals surface area contributed by atoms with Gasteiger partial charge in [-0.2, -0.15) is 0 Å². The average Bonchev–Trinajstić information content (AvgIpc) is 2.40. The van der Waals surface area contributed by atoms with E-state index in [1.54, 1.807) is 0 Å². The van der Waals surface area contributed by atoms with Crippen molar-refractivity contribution in [2.45, 2.75) is 91.3 Å². The Hall–Kier alpha value is -0.0800. The molecule has 118 valence electrons. The number of nitrogens with zero attached hydrogens (tertiary/aromatic N) is 1. The fraction of sp³-hybridized carbons (Fsp3) is 1.00. The predicted molar refractivity (Wildman–Crippen MR) is 87.7 cm³/mol. The molecule has 2 fully saturated rings. The third-order valence-corrected chi connectivity index (χ3v) is 6.50. The van der Waals surface area contributed by atoms with E-state index in [1.165, 1.54) is 45.1 Å². The minimum Gasteiger partial charge on any atom is -0.326 e. The first-order valence-corrected chi connectivity index (χ1v) is 8.86. The molecule has 1 aliphatic heterocycles. The average molecular weight is 280 g/mol. The van der Waals surface area contributed by atoms with Crippen LogP contribution in [0, 0.1) is 17.3 Å². The molecule has 0 spiro atoms. The Morgan fingerprint density at radius 1 is 1.10 bits per heavy atom. The van der Waals surface area contributed by atoms with Gasteiger partial charge in [0.15, 0.2) is 0 Å². The summed E-state index contributed by atoms with van der Waals surface area (Å²) in [5.74, 6) is 1.74. The second-order valence-corrected chi connectivity index (χ2v) is 8.30. The first-order chi connectivity index (χ1) is 9.35. The summed E-state index contributed by atoms with van der Waals surface area (Å²) in [7, 11) is 0. The third-order valence-electron chi connectivity index (χ3n) is 6.50. The molecule has 5 atom stereocenters. The Labute approximate surface area is 126 Å². The largest absolute Gasteiger partial charge is 0.326 e. The molecular formula is C18H36N2. The highest BCUT2D eigenvalue weighted by Crippen LogP contribution is 2.42. The molecular weight excluding hydrogens is 244 g/mol. The standard InChI is InChI=1S/C18H36N2/c1-6-18(4,5)15-7-8-16(19)17(12-15)20-10-9-13(2)11-14(20)3/h13-17H,6-12,19H2,1-5H3. The van der Waals surface area contributed by atoms with Crippen molar-refractivity contribution in [1.82, 2.24) is 4.90 Å². The molecule has 0 aromatic carbocycles. The van der Waals surface area contributed by atoms with E-state index in [1.807, 2.05) is 0 Å². The third kappa shape index (κ3) is 3.39. The molecule has 2 nitrogen and oxygen atoms in total. The zero-order chi connectivity index (χ0) is 14.9. The Balaban J connectivity index is 2.05. The van der Waals surface area contributed by atoms with Gasteiger partial charge in [-0.05, 0) is 62.8 Å². The Morgan fingerprint density at radius 2 is 1.80 bits per heavy atom. The van der Waals surface area contributed by atoms with Crippen LogP contribution >= 0.6 is 0 Å². The monoisotopic (exact) mass is 280 g/mol. The van der Waals surface area contributed by atoms with Crippen LogP contribution in [0.2, 0.25) is 0 Å². The lowest BCUT2D eigenvalue weighted by Crippen LogP contribution is -2.57. The Bertz CT molecular complexity index is 313. The van der Waals surface area contributed by atoms with E-state index >= 15 is 0 Å². The van der Waals surface area contributed by atoms with Crippen molar-refractivity contribution in [3.05, 3.63) is 0 Å². The van der Waals surface area contributed by atoms with E-state index in [0.29, 0.717) is 17.5 Å². The Kier molecular flexibility index (Phi) is 5.18. The minimum atomic E-state index is 0.398. The van der Waals surface area contributed by atoms with Crippen molar-refractivity contribution in [3.8, 4) is 0 Å². The molecule has 0 amide bonds. The van der Waals surface area contributed by atoms with Crippen LogP contribution in [0.25, 0.3) is 0 Å². The van der Waals surface area contributed by atoms with E-state index in [4.69, 9.17) is 5.73 Å². The molecule has 0 aromatic rings. The van der Waals surface area contributed by atoms with E-state index in [2.05, 4.69) is 39.5 Å². The summed E-state index contributed by atoms with van der Waals surface area (Å²) < 4.78 is 0. The molecule has 1 saturated heterocycles. The van der Waals surface area contributed by atoms with Crippen LogP contribution in [-0.2, 0) is 0 Å². The van der Waals surface area contributed by atoms with Gasteiger partial charge in [0.2, 0.25) is 0 Å². The number of hydrogen-bond donors (Lipinski definition) is 1. The highest BCUT2D eigenvalue weighted by atomic mass is 15.2. The smallest absolute Gasteiger partial charge is 0.0252 e. The second-order valence-electron chi connectivity index (χ2n) is 8.30. The minimum absolute atomic E-state index is 0.398. The quantitative estimate of drug-likeness (QED) is 0.845. The highest BCUT2D eigenvalue weighted by molar-refractivity contribution is 4.96. The fourth-order valence-corrected chi connectivity index (χ4v) is 4.47. The van der Waals surface area contributed by atoms with Gasteiger partial charge >= 0.3 is 0 Å².